The molecule has 1 N–H and O–H groups in total. The first-order valence-corrected chi connectivity index (χ1v) is 13.8. The lowest BCUT2D eigenvalue weighted by molar-refractivity contribution is -0.116. The highest BCUT2D eigenvalue weighted by Gasteiger charge is 2.27. The van der Waals surface area contributed by atoms with E-state index in [9.17, 15) is 13.2 Å². The summed E-state index contributed by atoms with van der Waals surface area (Å²) in [5.41, 5.74) is 1.36. The average molecular weight is 492 g/mol. The minimum atomic E-state index is -3.65. The van der Waals surface area contributed by atoms with Gasteiger partial charge in [-0.15, -0.1) is 11.8 Å². The highest BCUT2D eigenvalue weighted by atomic mass is 32.2. The van der Waals surface area contributed by atoms with E-state index in [1.807, 2.05) is 32.0 Å². The summed E-state index contributed by atoms with van der Waals surface area (Å²) in [5.74, 6) is 0.726. The third-order valence-electron chi connectivity index (χ3n) is 5.51. The van der Waals surface area contributed by atoms with Gasteiger partial charge in [0.25, 0.3) is 0 Å². The Kier molecular flexibility index (Phi) is 9.61. The van der Waals surface area contributed by atoms with Crippen molar-refractivity contribution in [1.29, 1.82) is 0 Å². The maximum atomic E-state index is 13.1. The number of hydrogen-bond donors (Lipinski definition) is 1. The predicted octanol–water partition coefficient (Wildman–Crippen LogP) is 4.06. The van der Waals surface area contributed by atoms with E-state index in [1.165, 1.54) is 9.20 Å². The van der Waals surface area contributed by atoms with Crippen molar-refractivity contribution in [2.75, 3.05) is 55.4 Å². The molecule has 2 aromatic rings. The zero-order chi connectivity index (χ0) is 23.7. The minimum absolute atomic E-state index is 0.113. The topological polar surface area (TPSA) is 79.0 Å². The third-order valence-corrected chi connectivity index (χ3v) is 8.51. The molecule has 1 heterocycles. The van der Waals surface area contributed by atoms with Gasteiger partial charge in [0.05, 0.1) is 29.5 Å². The van der Waals surface area contributed by atoms with Gasteiger partial charge >= 0.3 is 0 Å². The molecule has 0 bridgehead atoms. The highest BCUT2D eigenvalue weighted by Crippen LogP contribution is 2.31. The lowest BCUT2D eigenvalue weighted by Crippen LogP contribution is -2.40. The van der Waals surface area contributed by atoms with Crippen LogP contribution in [0.1, 0.15) is 26.7 Å². The monoisotopic (exact) mass is 491 g/mol. The maximum absolute atomic E-state index is 13.1. The van der Waals surface area contributed by atoms with Crippen molar-refractivity contribution < 1.29 is 17.9 Å². The van der Waals surface area contributed by atoms with Crippen LogP contribution in [0.5, 0.6) is 0 Å². The lowest BCUT2D eigenvalue weighted by atomic mass is 10.2. The van der Waals surface area contributed by atoms with Crippen molar-refractivity contribution in [3.05, 3.63) is 48.5 Å². The molecular formula is C24H33N3O4S2. The number of nitrogens with one attached hydrogen (secondary N) is 1. The normalized spacial score (nSPS) is 14.7. The Hall–Kier alpha value is -2.07. The molecule has 0 saturated carbocycles. The fourth-order valence-electron chi connectivity index (χ4n) is 3.70. The van der Waals surface area contributed by atoms with Crippen molar-refractivity contribution in [3.63, 3.8) is 0 Å². The zero-order valence-corrected chi connectivity index (χ0v) is 21.0. The molecule has 0 atom stereocenters. The molecule has 3 rings (SSSR count). The fraction of sp³-hybridized carbons (Fsp3) is 0.458. The number of hydrogen-bond acceptors (Lipinski definition) is 6. The molecule has 1 amide bonds. The second kappa shape index (κ2) is 12.4. The van der Waals surface area contributed by atoms with E-state index in [0.717, 1.165) is 31.0 Å². The van der Waals surface area contributed by atoms with E-state index in [1.54, 1.807) is 30.0 Å². The van der Waals surface area contributed by atoms with Crippen LogP contribution in [0.25, 0.3) is 0 Å². The zero-order valence-electron chi connectivity index (χ0n) is 19.3. The average Bonchev–Trinajstić information content (AvgIpc) is 2.84. The van der Waals surface area contributed by atoms with Gasteiger partial charge in [-0.05, 0) is 56.4 Å². The van der Waals surface area contributed by atoms with E-state index in [0.29, 0.717) is 38.4 Å². The molecule has 0 spiro atoms. The van der Waals surface area contributed by atoms with Crippen LogP contribution in [0.3, 0.4) is 0 Å². The van der Waals surface area contributed by atoms with Crippen LogP contribution < -0.4 is 10.2 Å². The van der Waals surface area contributed by atoms with Crippen molar-refractivity contribution >= 4 is 39.1 Å². The Balaban J connectivity index is 1.71. The molecule has 7 nitrogen and oxygen atoms in total. The van der Waals surface area contributed by atoms with Crippen LogP contribution >= 0.6 is 11.8 Å². The van der Waals surface area contributed by atoms with E-state index in [4.69, 9.17) is 4.74 Å². The molecule has 0 unspecified atom stereocenters. The standard InChI is InChI=1S/C24H33N3O4S2/c1-3-26(4-2)23-13-12-21(33(29,30)27-14-16-31-17-15-27)19-22(23)25-24(28)11-8-18-32-20-9-6-5-7-10-20/h5-7,9-10,12-13,19H,3-4,8,11,14-18H2,1-2H3,(H,25,28). The molecule has 0 aliphatic carbocycles. The number of amides is 1. The molecule has 2 aromatic carbocycles. The van der Waals surface area contributed by atoms with E-state index >= 15 is 0 Å². The van der Waals surface area contributed by atoms with Gasteiger partial charge in [0.1, 0.15) is 0 Å². The van der Waals surface area contributed by atoms with Gasteiger partial charge in [0, 0.05) is 37.5 Å². The summed E-state index contributed by atoms with van der Waals surface area (Å²) in [6, 6.07) is 15.1. The molecule has 180 valence electrons. The number of anilines is 2. The van der Waals surface area contributed by atoms with Crippen molar-refractivity contribution in [1.82, 2.24) is 4.31 Å². The number of carbonyl (C=O) groups is 1. The van der Waals surface area contributed by atoms with Crippen molar-refractivity contribution in [2.45, 2.75) is 36.5 Å². The smallest absolute Gasteiger partial charge is 0.243 e. The SMILES string of the molecule is CCN(CC)c1ccc(S(=O)(=O)N2CCOCC2)cc1NC(=O)CCCSc1ccccc1. The third kappa shape index (κ3) is 6.96. The molecule has 1 aliphatic rings. The molecule has 1 fully saturated rings. The van der Waals surface area contributed by atoms with Crippen molar-refractivity contribution in [2.24, 2.45) is 0 Å². The maximum Gasteiger partial charge on any atom is 0.243 e. The van der Waals surface area contributed by atoms with E-state index in [2.05, 4.69) is 22.3 Å². The van der Waals surface area contributed by atoms with E-state index < -0.39 is 10.0 Å². The van der Waals surface area contributed by atoms with Crippen LogP contribution in [0, 0.1) is 0 Å². The number of carbonyl (C=O) groups excluding carboxylic acids is 1. The summed E-state index contributed by atoms with van der Waals surface area (Å²) in [6.45, 7) is 7.03. The van der Waals surface area contributed by atoms with Gasteiger partial charge in [-0.1, -0.05) is 18.2 Å². The molecule has 1 aliphatic heterocycles. The first-order valence-electron chi connectivity index (χ1n) is 11.4. The Morgan fingerprint density at radius 2 is 1.79 bits per heavy atom. The molecular weight excluding hydrogens is 458 g/mol. The Morgan fingerprint density at radius 1 is 1.09 bits per heavy atom. The first-order chi connectivity index (χ1) is 16.0. The fourth-order valence-corrected chi connectivity index (χ4v) is 6.01. The van der Waals surface area contributed by atoms with Gasteiger partial charge < -0.3 is 15.0 Å². The number of sulfonamides is 1. The molecule has 33 heavy (non-hydrogen) atoms. The molecule has 9 heteroatoms. The van der Waals surface area contributed by atoms with Gasteiger partial charge in [-0.3, -0.25) is 4.79 Å². The number of morpholine rings is 1. The van der Waals surface area contributed by atoms with Crippen molar-refractivity contribution in [3.8, 4) is 0 Å². The summed E-state index contributed by atoms with van der Waals surface area (Å²) in [7, 11) is -3.65. The lowest BCUT2D eigenvalue weighted by Gasteiger charge is -2.28. The largest absolute Gasteiger partial charge is 0.379 e. The molecule has 0 radical (unpaired) electrons. The number of rotatable bonds is 11. The van der Waals surface area contributed by atoms with Gasteiger partial charge in [-0.25, -0.2) is 8.42 Å². The Bertz CT molecular complexity index is 1010. The summed E-state index contributed by atoms with van der Waals surface area (Å²) in [6.07, 6.45) is 1.11. The van der Waals surface area contributed by atoms with Crippen LogP contribution in [-0.2, 0) is 19.6 Å². The van der Waals surface area contributed by atoms with E-state index in [-0.39, 0.29) is 10.8 Å². The highest BCUT2D eigenvalue weighted by molar-refractivity contribution is 7.99. The number of benzene rings is 2. The van der Waals surface area contributed by atoms with Gasteiger partial charge in [-0.2, -0.15) is 4.31 Å². The van der Waals surface area contributed by atoms with Crippen LogP contribution in [0.15, 0.2) is 58.3 Å². The van der Waals surface area contributed by atoms with Crippen LogP contribution in [-0.4, -0.2) is 63.8 Å². The minimum Gasteiger partial charge on any atom is -0.379 e. The summed E-state index contributed by atoms with van der Waals surface area (Å²) in [4.78, 5) is 16.2. The second-order valence-corrected chi connectivity index (χ2v) is 10.8. The molecule has 0 aromatic heterocycles. The second-order valence-electron chi connectivity index (χ2n) is 7.68. The quantitative estimate of drug-likeness (QED) is 0.377. The molecule has 1 saturated heterocycles. The summed E-state index contributed by atoms with van der Waals surface area (Å²) >= 11 is 1.72. The number of ether oxygens (including phenoxy) is 1. The van der Waals surface area contributed by atoms with Crippen LogP contribution in [0.4, 0.5) is 11.4 Å². The number of thioether (sulfide) groups is 1. The summed E-state index contributed by atoms with van der Waals surface area (Å²) < 4.78 is 33.0. The Morgan fingerprint density at radius 3 is 2.45 bits per heavy atom. The number of nitrogens with zero attached hydrogens (tertiary/aromatic N) is 2. The summed E-state index contributed by atoms with van der Waals surface area (Å²) in [5, 5.41) is 2.98. The van der Waals surface area contributed by atoms with Gasteiger partial charge in [0.15, 0.2) is 0 Å². The Labute approximate surface area is 201 Å². The predicted molar refractivity (Wildman–Crippen MR) is 135 cm³/mol. The first kappa shape index (κ1) is 25.6. The van der Waals surface area contributed by atoms with Gasteiger partial charge in [0.2, 0.25) is 15.9 Å². The van der Waals surface area contributed by atoms with Crippen LogP contribution in [0.2, 0.25) is 0 Å².